The molecule has 0 atom stereocenters. The maximum atomic E-state index is 4.30. The molecule has 1 aromatic heterocycles. The lowest BCUT2D eigenvalue weighted by atomic mass is 9.90. The van der Waals surface area contributed by atoms with E-state index in [1.54, 1.807) is 6.33 Å². The molecule has 4 heteroatoms. The summed E-state index contributed by atoms with van der Waals surface area (Å²) in [5.74, 6) is 0.982. The van der Waals surface area contributed by atoms with E-state index < -0.39 is 0 Å². The number of nitrogens with zero attached hydrogens (tertiary/aromatic N) is 3. The van der Waals surface area contributed by atoms with Gasteiger partial charge in [0.05, 0.1) is 0 Å². The van der Waals surface area contributed by atoms with Gasteiger partial charge in [-0.2, -0.15) is 0 Å². The fraction of sp³-hybridized carbons (Fsp3) is 0.714. The summed E-state index contributed by atoms with van der Waals surface area (Å²) in [7, 11) is 4.35. The molecule has 1 aromatic rings. The minimum Gasteiger partial charge on any atom is -0.367 e. The number of rotatable bonds is 4. The Labute approximate surface area is 110 Å². The molecule has 4 nitrogen and oxygen atoms in total. The first-order valence-corrected chi connectivity index (χ1v) is 6.93. The lowest BCUT2D eigenvalue weighted by Crippen LogP contribution is -2.36. The number of aryl methyl sites for hydroxylation is 1. The summed E-state index contributed by atoms with van der Waals surface area (Å²) in [4.78, 5) is 10.9. The van der Waals surface area contributed by atoms with E-state index in [2.05, 4.69) is 47.3 Å². The van der Waals surface area contributed by atoms with Crippen LogP contribution in [0.3, 0.4) is 0 Å². The summed E-state index contributed by atoms with van der Waals surface area (Å²) in [6.07, 6.45) is 7.63. The SMILES string of the molecule is CCc1cc(NC2CCC(N(C)C)CC2)ncn1. The molecule has 18 heavy (non-hydrogen) atoms. The topological polar surface area (TPSA) is 41.0 Å². The molecule has 1 aliphatic rings. The quantitative estimate of drug-likeness (QED) is 0.888. The van der Waals surface area contributed by atoms with Crippen LogP contribution in [0.25, 0.3) is 0 Å². The zero-order valence-corrected chi connectivity index (χ0v) is 11.7. The van der Waals surface area contributed by atoms with E-state index >= 15 is 0 Å². The van der Waals surface area contributed by atoms with Gasteiger partial charge >= 0.3 is 0 Å². The Morgan fingerprint density at radius 2 is 1.94 bits per heavy atom. The number of hydrogen-bond acceptors (Lipinski definition) is 4. The molecule has 100 valence electrons. The second-order valence-corrected chi connectivity index (χ2v) is 5.36. The lowest BCUT2D eigenvalue weighted by molar-refractivity contribution is 0.221. The molecule has 1 saturated carbocycles. The Morgan fingerprint density at radius 3 is 2.56 bits per heavy atom. The maximum Gasteiger partial charge on any atom is 0.129 e. The van der Waals surface area contributed by atoms with Crippen LogP contribution in [0.4, 0.5) is 5.82 Å². The first-order valence-electron chi connectivity index (χ1n) is 6.93. The van der Waals surface area contributed by atoms with Crippen LogP contribution in [0.15, 0.2) is 12.4 Å². The summed E-state index contributed by atoms with van der Waals surface area (Å²) in [5, 5.41) is 3.55. The predicted molar refractivity (Wildman–Crippen MR) is 74.8 cm³/mol. The van der Waals surface area contributed by atoms with Crippen molar-refractivity contribution in [2.45, 2.75) is 51.1 Å². The lowest BCUT2D eigenvalue weighted by Gasteiger charge is -2.33. The zero-order valence-electron chi connectivity index (χ0n) is 11.7. The summed E-state index contributed by atoms with van der Waals surface area (Å²) in [6, 6.07) is 3.39. The summed E-state index contributed by atoms with van der Waals surface area (Å²) >= 11 is 0. The first kappa shape index (κ1) is 13.3. The number of aromatic nitrogens is 2. The van der Waals surface area contributed by atoms with Gasteiger partial charge in [-0.05, 0) is 46.2 Å². The van der Waals surface area contributed by atoms with Crippen molar-refractivity contribution in [1.82, 2.24) is 14.9 Å². The minimum atomic E-state index is 0.570. The Morgan fingerprint density at radius 1 is 1.22 bits per heavy atom. The van der Waals surface area contributed by atoms with Crippen LogP contribution in [-0.2, 0) is 6.42 Å². The number of nitrogens with one attached hydrogen (secondary N) is 1. The summed E-state index contributed by atoms with van der Waals surface area (Å²) < 4.78 is 0. The molecule has 1 fully saturated rings. The van der Waals surface area contributed by atoms with Crippen LogP contribution >= 0.6 is 0 Å². The van der Waals surface area contributed by atoms with E-state index in [0.29, 0.717) is 6.04 Å². The van der Waals surface area contributed by atoms with E-state index in [4.69, 9.17) is 0 Å². The maximum absolute atomic E-state index is 4.30. The molecule has 1 aliphatic carbocycles. The average molecular weight is 248 g/mol. The molecular formula is C14H24N4. The largest absolute Gasteiger partial charge is 0.367 e. The molecular weight excluding hydrogens is 224 g/mol. The van der Waals surface area contributed by atoms with Crippen molar-refractivity contribution in [3.8, 4) is 0 Å². The van der Waals surface area contributed by atoms with Gasteiger partial charge in [-0.1, -0.05) is 6.92 Å². The van der Waals surface area contributed by atoms with Crippen LogP contribution in [-0.4, -0.2) is 41.0 Å². The highest BCUT2D eigenvalue weighted by molar-refractivity contribution is 5.36. The van der Waals surface area contributed by atoms with Gasteiger partial charge in [0.15, 0.2) is 0 Å². The Bertz CT molecular complexity index is 370. The minimum absolute atomic E-state index is 0.570. The van der Waals surface area contributed by atoms with Crippen LogP contribution in [0.2, 0.25) is 0 Å². The number of hydrogen-bond donors (Lipinski definition) is 1. The monoisotopic (exact) mass is 248 g/mol. The second-order valence-electron chi connectivity index (χ2n) is 5.36. The van der Waals surface area contributed by atoms with Crippen LogP contribution in [0.5, 0.6) is 0 Å². The van der Waals surface area contributed by atoms with Crippen molar-refractivity contribution in [2.75, 3.05) is 19.4 Å². The third kappa shape index (κ3) is 3.42. The molecule has 0 saturated heterocycles. The molecule has 0 unspecified atom stereocenters. The Balaban J connectivity index is 1.87. The van der Waals surface area contributed by atoms with Gasteiger partial charge in [0.1, 0.15) is 12.1 Å². The first-order chi connectivity index (χ1) is 8.69. The molecule has 0 bridgehead atoms. The van der Waals surface area contributed by atoms with Crippen LogP contribution < -0.4 is 5.32 Å². The average Bonchev–Trinajstić information content (AvgIpc) is 2.39. The van der Waals surface area contributed by atoms with Gasteiger partial charge in [-0.25, -0.2) is 9.97 Å². The smallest absolute Gasteiger partial charge is 0.129 e. The van der Waals surface area contributed by atoms with Gasteiger partial charge in [0, 0.05) is 23.8 Å². The highest BCUT2D eigenvalue weighted by Crippen LogP contribution is 2.23. The highest BCUT2D eigenvalue weighted by Gasteiger charge is 2.22. The molecule has 1 heterocycles. The molecule has 0 amide bonds. The number of anilines is 1. The Kier molecular flexibility index (Phi) is 4.53. The van der Waals surface area contributed by atoms with Crippen molar-refractivity contribution < 1.29 is 0 Å². The molecule has 0 aliphatic heterocycles. The molecule has 0 radical (unpaired) electrons. The van der Waals surface area contributed by atoms with Gasteiger partial charge in [-0.15, -0.1) is 0 Å². The van der Waals surface area contributed by atoms with Crippen LogP contribution in [0.1, 0.15) is 38.3 Å². The van der Waals surface area contributed by atoms with Crippen molar-refractivity contribution in [1.29, 1.82) is 0 Å². The van der Waals surface area contributed by atoms with E-state index in [0.717, 1.165) is 24.0 Å². The Hall–Kier alpha value is -1.16. The van der Waals surface area contributed by atoms with Crippen molar-refractivity contribution in [3.05, 3.63) is 18.1 Å². The second kappa shape index (κ2) is 6.14. The van der Waals surface area contributed by atoms with E-state index in [9.17, 15) is 0 Å². The molecule has 0 spiro atoms. The fourth-order valence-corrected chi connectivity index (χ4v) is 2.62. The molecule has 2 rings (SSSR count). The third-order valence-electron chi connectivity index (χ3n) is 3.86. The standard InChI is InChI=1S/C14H24N4/c1-4-11-9-14(16-10-15-11)17-12-5-7-13(8-6-12)18(2)3/h9-10,12-13H,4-8H2,1-3H3,(H,15,16,17). The molecule has 0 aromatic carbocycles. The summed E-state index contributed by atoms with van der Waals surface area (Å²) in [6.45, 7) is 2.12. The fourth-order valence-electron chi connectivity index (χ4n) is 2.62. The zero-order chi connectivity index (χ0) is 13.0. The highest BCUT2D eigenvalue weighted by atomic mass is 15.1. The van der Waals surface area contributed by atoms with Crippen molar-refractivity contribution >= 4 is 5.82 Å². The normalized spacial score (nSPS) is 24.2. The summed E-state index contributed by atoms with van der Waals surface area (Å²) in [5.41, 5.74) is 1.11. The third-order valence-corrected chi connectivity index (χ3v) is 3.86. The van der Waals surface area contributed by atoms with E-state index in [1.807, 2.05) is 0 Å². The van der Waals surface area contributed by atoms with Gasteiger partial charge in [0.2, 0.25) is 0 Å². The van der Waals surface area contributed by atoms with Gasteiger partial charge < -0.3 is 10.2 Å². The van der Waals surface area contributed by atoms with Gasteiger partial charge in [0.25, 0.3) is 0 Å². The van der Waals surface area contributed by atoms with Gasteiger partial charge in [-0.3, -0.25) is 0 Å². The predicted octanol–water partition coefficient (Wildman–Crippen LogP) is 2.32. The van der Waals surface area contributed by atoms with E-state index in [1.165, 1.54) is 25.7 Å². The van der Waals surface area contributed by atoms with Crippen molar-refractivity contribution in [3.63, 3.8) is 0 Å². The molecule has 1 N–H and O–H groups in total. The van der Waals surface area contributed by atoms with E-state index in [-0.39, 0.29) is 0 Å². The van der Waals surface area contributed by atoms with Crippen molar-refractivity contribution in [2.24, 2.45) is 0 Å². The van der Waals surface area contributed by atoms with Crippen LogP contribution in [0, 0.1) is 0 Å².